The zero-order valence-corrected chi connectivity index (χ0v) is 15.5. The van der Waals surface area contributed by atoms with Crippen molar-refractivity contribution < 1.29 is 0 Å². The predicted octanol–water partition coefficient (Wildman–Crippen LogP) is 0.591. The number of hydrogen-bond donors (Lipinski definition) is 0. The summed E-state index contributed by atoms with van der Waals surface area (Å²) in [7, 11) is 3.76. The topological polar surface area (TPSA) is 15.6 Å². The average molecular weight is 350 g/mol. The average Bonchev–Trinajstić information content (AvgIpc) is 2.68. The highest BCUT2D eigenvalue weighted by molar-refractivity contribution is 5.80. The van der Waals surface area contributed by atoms with E-state index < -0.39 is 0 Å². The molecule has 0 aromatic heterocycles. The molecule has 0 atom stereocenters. The van der Waals surface area contributed by atoms with E-state index >= 15 is 0 Å². The van der Waals surface area contributed by atoms with Crippen molar-refractivity contribution in [2.24, 2.45) is 4.99 Å². The monoisotopic (exact) mass is 350 g/mol. The Labute approximate surface area is 168 Å². The van der Waals surface area contributed by atoms with Crippen LogP contribution in [-0.2, 0) is 0 Å². The van der Waals surface area contributed by atoms with Crippen molar-refractivity contribution in [2.75, 3.05) is 14.1 Å². The van der Waals surface area contributed by atoms with Gasteiger partial charge in [0.1, 0.15) is 5.84 Å². The lowest BCUT2D eigenvalue weighted by molar-refractivity contribution is 0.619. The van der Waals surface area contributed by atoms with E-state index in [4.69, 9.17) is 6.42 Å². The lowest BCUT2D eigenvalue weighted by Crippen LogP contribution is -2.17. The Balaban J connectivity index is 4.47. The van der Waals surface area contributed by atoms with Gasteiger partial charge in [-0.25, -0.2) is 0 Å². The molecule has 0 saturated carbocycles. The molecule has 0 fully saturated rings. The first kappa shape index (κ1) is 22.6. The molecule has 0 bridgehead atoms. The van der Waals surface area contributed by atoms with Gasteiger partial charge in [0, 0.05) is 91.2 Å². The van der Waals surface area contributed by atoms with Gasteiger partial charge in [0.05, 0.1) is 0 Å². The maximum Gasteiger partial charge on any atom is 0.111 e. The van der Waals surface area contributed by atoms with Gasteiger partial charge in [0.2, 0.25) is 0 Å². The Morgan fingerprint density at radius 2 is 0.821 bits per heavy atom. The molecule has 0 aromatic carbocycles. The fourth-order valence-electron chi connectivity index (χ4n) is 0.804. The molecule has 0 aliphatic heterocycles. The first-order chi connectivity index (χ1) is 13.7. The summed E-state index contributed by atoms with van der Waals surface area (Å²) in [6.07, 6.45) is 4.92. The maximum absolute atomic E-state index is 4.92. The third kappa shape index (κ3) is 17.0. The number of terminal acetylenes is 1. The van der Waals surface area contributed by atoms with Crippen molar-refractivity contribution in [1.29, 1.82) is 0 Å². The van der Waals surface area contributed by atoms with Crippen LogP contribution in [0.2, 0.25) is 0 Å². The van der Waals surface area contributed by atoms with E-state index in [0.29, 0.717) is 0 Å². The Kier molecular flexibility index (Phi) is 14.5. The van der Waals surface area contributed by atoms with Crippen LogP contribution < -0.4 is 0 Å². The molecule has 0 aromatic rings. The molecular weight excluding hydrogens is 340 g/mol. The minimum Gasteiger partial charge on any atom is -0.366 e. The second-order valence-electron chi connectivity index (χ2n) is 4.18. The van der Waals surface area contributed by atoms with Crippen LogP contribution >= 0.6 is 0 Å². The van der Waals surface area contributed by atoms with Crippen LogP contribution in [0.3, 0.4) is 0 Å². The molecule has 0 aliphatic carbocycles. The zero-order valence-electron chi connectivity index (χ0n) is 15.5. The normalized spacial score (nSPS) is 5.86. The Morgan fingerprint density at radius 3 is 1.11 bits per heavy atom. The molecule has 0 saturated heterocycles. The van der Waals surface area contributed by atoms with Crippen LogP contribution in [0.5, 0.6) is 0 Å². The van der Waals surface area contributed by atoms with E-state index in [-0.39, 0.29) is 0 Å². The molecule has 0 spiro atoms. The molecule has 0 radical (unpaired) electrons. The number of amidine groups is 1. The highest BCUT2D eigenvalue weighted by Gasteiger charge is 1.87. The summed E-state index contributed by atoms with van der Waals surface area (Å²) in [5, 5.41) is 0. The first-order valence-electron chi connectivity index (χ1n) is 7.35. The van der Waals surface area contributed by atoms with Crippen molar-refractivity contribution in [3.05, 3.63) is 0 Å². The molecule has 124 valence electrons. The van der Waals surface area contributed by atoms with Gasteiger partial charge in [-0.3, -0.25) is 0 Å². The largest absolute Gasteiger partial charge is 0.366 e. The molecule has 28 heavy (non-hydrogen) atoms. The molecule has 2 nitrogen and oxygen atoms in total. The van der Waals surface area contributed by atoms with Crippen LogP contribution in [0.25, 0.3) is 0 Å². The van der Waals surface area contributed by atoms with Crippen LogP contribution in [-0.4, -0.2) is 24.8 Å². The highest BCUT2D eigenvalue weighted by atomic mass is 15.1. The lowest BCUT2D eigenvalue weighted by Gasteiger charge is -2.07. The van der Waals surface area contributed by atoms with E-state index in [2.05, 4.69) is 129 Å². The standard InChI is InChI=1S/C26H10N2/c1-5-6-7-8-9-10-11-12-13-14-15-16-17-18-19-20-21-22-23-24-25-27-26(2)28(3)4/h1H,2-4H3. The van der Waals surface area contributed by atoms with E-state index in [1.165, 1.54) is 0 Å². The van der Waals surface area contributed by atoms with Gasteiger partial charge >= 0.3 is 0 Å². The molecule has 0 amide bonds. The van der Waals surface area contributed by atoms with Gasteiger partial charge in [0.15, 0.2) is 0 Å². The van der Waals surface area contributed by atoms with Crippen LogP contribution in [0, 0.1) is 131 Å². The number of nitrogens with zero attached hydrogens (tertiary/aromatic N) is 2. The van der Waals surface area contributed by atoms with Gasteiger partial charge in [-0.1, -0.05) is 0 Å². The van der Waals surface area contributed by atoms with Gasteiger partial charge in [0.25, 0.3) is 0 Å². The number of hydrogen-bond acceptors (Lipinski definition) is 1. The summed E-state index contributed by atoms with van der Waals surface area (Å²) in [5.74, 6) is 50.2. The van der Waals surface area contributed by atoms with Crippen molar-refractivity contribution in [3.8, 4) is 131 Å². The molecule has 0 rings (SSSR count). The summed E-state index contributed by atoms with van der Waals surface area (Å²) < 4.78 is 0. The third-order valence-corrected chi connectivity index (χ3v) is 2.12. The molecule has 0 N–H and O–H groups in total. The molecule has 0 heterocycles. The second-order valence-corrected chi connectivity index (χ2v) is 4.18. The van der Waals surface area contributed by atoms with Gasteiger partial charge < -0.3 is 4.90 Å². The number of rotatable bonds is 0. The Morgan fingerprint density at radius 1 is 0.536 bits per heavy atom. The SMILES string of the molecule is C#CC#CC#CC#CC#CC#CC#CC#CC#CC#CC#CN=C(C)N(C)C. The van der Waals surface area contributed by atoms with Crippen molar-refractivity contribution in [3.63, 3.8) is 0 Å². The predicted molar refractivity (Wildman–Crippen MR) is 113 cm³/mol. The molecular formula is C26H10N2. The Hall–Kier alpha value is -5.37. The summed E-state index contributed by atoms with van der Waals surface area (Å²) in [6.45, 7) is 1.85. The third-order valence-electron chi connectivity index (χ3n) is 2.12. The van der Waals surface area contributed by atoms with Crippen LogP contribution in [0.1, 0.15) is 6.92 Å². The Bertz CT molecular complexity index is 1290. The van der Waals surface area contributed by atoms with E-state index in [1.54, 1.807) is 0 Å². The lowest BCUT2D eigenvalue weighted by atomic mass is 10.4. The van der Waals surface area contributed by atoms with Gasteiger partial charge in [-0.15, -0.1) is 6.42 Å². The first-order valence-corrected chi connectivity index (χ1v) is 7.35. The van der Waals surface area contributed by atoms with Gasteiger partial charge in [-0.2, -0.15) is 4.99 Å². The van der Waals surface area contributed by atoms with Crippen molar-refractivity contribution >= 4 is 5.84 Å². The summed E-state index contributed by atoms with van der Waals surface area (Å²) in [4.78, 5) is 5.83. The minimum atomic E-state index is 0.795. The summed E-state index contributed by atoms with van der Waals surface area (Å²) in [6, 6.07) is 2.57. The summed E-state index contributed by atoms with van der Waals surface area (Å²) >= 11 is 0. The zero-order chi connectivity index (χ0) is 20.7. The van der Waals surface area contributed by atoms with E-state index in [0.717, 1.165) is 5.84 Å². The molecule has 0 aliphatic rings. The van der Waals surface area contributed by atoms with Crippen LogP contribution in [0.15, 0.2) is 4.99 Å². The fraction of sp³-hybridized carbons (Fsp3) is 0.115. The second kappa shape index (κ2) is 18.0. The smallest absolute Gasteiger partial charge is 0.111 e. The maximum atomic E-state index is 4.92. The van der Waals surface area contributed by atoms with Crippen LogP contribution in [0.4, 0.5) is 0 Å². The van der Waals surface area contributed by atoms with Gasteiger partial charge in [-0.05, 0) is 54.3 Å². The molecule has 0 unspecified atom stereocenters. The minimum absolute atomic E-state index is 0.795. The van der Waals surface area contributed by atoms with Crippen molar-refractivity contribution in [1.82, 2.24) is 4.90 Å². The van der Waals surface area contributed by atoms with E-state index in [1.807, 2.05) is 25.9 Å². The number of aliphatic imine (C=N–C) groups is 1. The fourth-order valence-corrected chi connectivity index (χ4v) is 0.804. The highest BCUT2D eigenvalue weighted by Crippen LogP contribution is 1.79. The van der Waals surface area contributed by atoms with E-state index in [9.17, 15) is 0 Å². The van der Waals surface area contributed by atoms with Crippen molar-refractivity contribution in [2.45, 2.75) is 6.92 Å². The summed E-state index contributed by atoms with van der Waals surface area (Å²) in [5.41, 5.74) is 0. The molecule has 2 heteroatoms. The quantitative estimate of drug-likeness (QED) is 0.355.